The van der Waals surface area contributed by atoms with Gasteiger partial charge in [-0.2, -0.15) is 14.5 Å². The molecule has 0 spiro atoms. The Morgan fingerprint density at radius 3 is 2.62 bits per heavy atom. The average molecular weight is 423 g/mol. The topological polar surface area (TPSA) is 131 Å². The molecule has 2 amide bonds. The van der Waals surface area contributed by atoms with E-state index in [2.05, 4.69) is 20.8 Å². The molecular weight excluding hydrogens is 398 g/mol. The van der Waals surface area contributed by atoms with Gasteiger partial charge in [-0.25, -0.2) is 8.42 Å². The molecule has 3 heterocycles. The fourth-order valence-corrected chi connectivity index (χ4v) is 5.06. The third kappa shape index (κ3) is 4.03. The molecule has 0 aliphatic carbocycles. The Bertz CT molecular complexity index is 1040. The molecule has 1 saturated heterocycles. The van der Waals surface area contributed by atoms with Gasteiger partial charge in [0.1, 0.15) is 4.90 Å². The van der Waals surface area contributed by atoms with Crippen molar-refractivity contribution < 1.29 is 18.0 Å². The molecule has 2 aromatic heterocycles. The molecule has 158 valence electrons. The van der Waals surface area contributed by atoms with Crippen molar-refractivity contribution in [2.45, 2.75) is 24.7 Å². The van der Waals surface area contributed by atoms with E-state index in [1.807, 2.05) is 0 Å². The molecule has 1 fully saturated rings. The summed E-state index contributed by atoms with van der Waals surface area (Å²) in [5.74, 6) is -1.29. The summed E-state index contributed by atoms with van der Waals surface area (Å²) in [7, 11) is 1.06. The first-order valence-corrected chi connectivity index (χ1v) is 10.6. The fourth-order valence-electron chi connectivity index (χ4n) is 3.35. The Balaban J connectivity index is 1.77. The third-order valence-corrected chi connectivity index (χ3v) is 7.06. The summed E-state index contributed by atoms with van der Waals surface area (Å²) < 4.78 is 30.3. The van der Waals surface area contributed by atoms with Crippen molar-refractivity contribution >= 4 is 27.5 Å². The van der Waals surface area contributed by atoms with Crippen molar-refractivity contribution in [1.29, 1.82) is 0 Å². The lowest BCUT2D eigenvalue weighted by atomic mass is 9.99. The number of hydrogen-bond acceptors (Lipinski definition) is 6. The number of aromatic nitrogens is 4. The van der Waals surface area contributed by atoms with Crippen molar-refractivity contribution in [1.82, 2.24) is 29.2 Å². The van der Waals surface area contributed by atoms with E-state index in [-0.39, 0.29) is 23.0 Å². The molecule has 0 unspecified atom stereocenters. The van der Waals surface area contributed by atoms with E-state index in [4.69, 9.17) is 0 Å². The number of nitrogens with one attached hydrogen (secondary N) is 2. The van der Waals surface area contributed by atoms with E-state index in [0.29, 0.717) is 30.8 Å². The van der Waals surface area contributed by atoms with Crippen LogP contribution in [0.4, 0.5) is 5.69 Å². The largest absolute Gasteiger partial charge is 0.354 e. The quantitative estimate of drug-likeness (QED) is 0.688. The minimum absolute atomic E-state index is 0.0675. The summed E-state index contributed by atoms with van der Waals surface area (Å²) in [6, 6.07) is 0. The van der Waals surface area contributed by atoms with Crippen molar-refractivity contribution in [3.8, 4) is 0 Å². The Labute approximate surface area is 169 Å². The van der Waals surface area contributed by atoms with Gasteiger partial charge in [-0.3, -0.25) is 19.0 Å². The summed E-state index contributed by atoms with van der Waals surface area (Å²) in [6.45, 7) is 2.10. The van der Waals surface area contributed by atoms with E-state index in [9.17, 15) is 18.0 Å². The maximum absolute atomic E-state index is 13.0. The summed E-state index contributed by atoms with van der Waals surface area (Å²) in [6.07, 6.45) is 3.99. The van der Waals surface area contributed by atoms with Gasteiger partial charge in [0.2, 0.25) is 15.9 Å². The molecule has 1 atom stereocenters. The minimum Gasteiger partial charge on any atom is -0.354 e. The number of sulfonamides is 1. The molecule has 2 aromatic rings. The second-order valence-corrected chi connectivity index (χ2v) is 8.96. The first kappa shape index (κ1) is 21.0. The smallest absolute Gasteiger partial charge is 0.273 e. The van der Waals surface area contributed by atoms with E-state index in [1.54, 1.807) is 27.2 Å². The van der Waals surface area contributed by atoms with E-state index < -0.39 is 21.8 Å². The van der Waals surface area contributed by atoms with Gasteiger partial charge in [-0.05, 0) is 19.8 Å². The number of anilines is 1. The second kappa shape index (κ2) is 7.95. The highest BCUT2D eigenvalue weighted by Gasteiger charge is 2.35. The number of hydrogen-bond donors (Lipinski definition) is 2. The molecule has 0 radical (unpaired) electrons. The van der Waals surface area contributed by atoms with E-state index in [0.717, 1.165) is 0 Å². The summed E-state index contributed by atoms with van der Waals surface area (Å²) in [4.78, 5) is 24.9. The maximum Gasteiger partial charge on any atom is 0.273 e. The zero-order chi connectivity index (χ0) is 21.3. The van der Waals surface area contributed by atoms with E-state index in [1.165, 1.54) is 26.9 Å². The Morgan fingerprint density at radius 1 is 1.28 bits per heavy atom. The zero-order valence-electron chi connectivity index (χ0n) is 16.8. The van der Waals surface area contributed by atoms with Crippen molar-refractivity contribution in [3.05, 3.63) is 23.8 Å². The molecule has 1 aliphatic heterocycles. The van der Waals surface area contributed by atoms with Crippen molar-refractivity contribution in [3.63, 3.8) is 0 Å². The molecule has 12 heteroatoms. The Kier molecular flexibility index (Phi) is 5.75. The van der Waals surface area contributed by atoms with Gasteiger partial charge in [-0.15, -0.1) is 0 Å². The number of piperidine rings is 1. The highest BCUT2D eigenvalue weighted by atomic mass is 32.2. The van der Waals surface area contributed by atoms with Crippen molar-refractivity contribution in [2.24, 2.45) is 20.0 Å². The summed E-state index contributed by atoms with van der Waals surface area (Å²) >= 11 is 0. The molecular formula is C17H25N7O4S. The average Bonchev–Trinajstić information content (AvgIpc) is 3.23. The SMILES string of the molecule is CNC(=O)c1nn(C)cc1NC(=O)[C@H]1CCCN(S(=O)(=O)c2cnn(C)c2C)C1. The number of nitrogens with zero attached hydrogens (tertiary/aromatic N) is 5. The van der Waals surface area contributed by atoms with Gasteiger partial charge in [0, 0.05) is 40.4 Å². The van der Waals surface area contributed by atoms with Gasteiger partial charge < -0.3 is 10.6 Å². The van der Waals surface area contributed by atoms with Gasteiger partial charge in [0.15, 0.2) is 5.69 Å². The summed E-state index contributed by atoms with van der Waals surface area (Å²) in [5, 5.41) is 13.3. The van der Waals surface area contributed by atoms with Crippen LogP contribution in [0.3, 0.4) is 0 Å². The van der Waals surface area contributed by atoms with Crippen LogP contribution in [-0.4, -0.2) is 64.2 Å². The minimum atomic E-state index is -3.74. The Hall–Kier alpha value is -2.73. The monoisotopic (exact) mass is 423 g/mol. The zero-order valence-corrected chi connectivity index (χ0v) is 17.7. The predicted molar refractivity (Wildman–Crippen MR) is 105 cm³/mol. The normalized spacial score (nSPS) is 17.9. The molecule has 11 nitrogen and oxygen atoms in total. The molecule has 0 saturated carbocycles. The van der Waals surface area contributed by atoms with Crippen LogP contribution in [0.2, 0.25) is 0 Å². The van der Waals surface area contributed by atoms with E-state index >= 15 is 0 Å². The highest BCUT2D eigenvalue weighted by molar-refractivity contribution is 7.89. The number of rotatable bonds is 5. The lowest BCUT2D eigenvalue weighted by Gasteiger charge is -2.31. The number of carbonyl (C=O) groups is 2. The van der Waals surface area contributed by atoms with Crippen LogP contribution in [0.5, 0.6) is 0 Å². The van der Waals surface area contributed by atoms with Crippen LogP contribution in [0, 0.1) is 12.8 Å². The highest BCUT2D eigenvalue weighted by Crippen LogP contribution is 2.26. The van der Waals surface area contributed by atoms with Crippen LogP contribution < -0.4 is 10.6 Å². The van der Waals surface area contributed by atoms with Gasteiger partial charge in [0.25, 0.3) is 5.91 Å². The molecule has 2 N–H and O–H groups in total. The predicted octanol–water partition coefficient (Wildman–Crippen LogP) is -0.139. The number of aryl methyl sites for hydroxylation is 2. The molecule has 1 aliphatic rings. The number of carbonyl (C=O) groups excluding carboxylic acids is 2. The first-order valence-electron chi connectivity index (χ1n) is 9.20. The van der Waals surface area contributed by atoms with Gasteiger partial charge in [0.05, 0.1) is 23.5 Å². The number of amides is 2. The molecule has 29 heavy (non-hydrogen) atoms. The molecule has 0 bridgehead atoms. The van der Waals surface area contributed by atoms with Gasteiger partial charge in [-0.1, -0.05) is 0 Å². The standard InChI is InChI=1S/C17H25N7O4S/c1-11-14(8-19-23(11)4)29(27,28)24-7-5-6-12(9-24)16(25)20-13-10-22(3)21-15(13)17(26)18-2/h8,10,12H,5-7,9H2,1-4H3,(H,18,26)(H,20,25)/t12-/m0/s1. The summed E-state index contributed by atoms with van der Waals surface area (Å²) in [5.41, 5.74) is 0.941. The lowest BCUT2D eigenvalue weighted by molar-refractivity contribution is -0.120. The lowest BCUT2D eigenvalue weighted by Crippen LogP contribution is -2.43. The molecule has 3 rings (SSSR count). The first-order chi connectivity index (χ1) is 13.6. The van der Waals surface area contributed by atoms with Crippen LogP contribution in [0.15, 0.2) is 17.3 Å². The third-order valence-electron chi connectivity index (χ3n) is 5.09. The second-order valence-electron chi connectivity index (χ2n) is 7.05. The fraction of sp³-hybridized carbons (Fsp3) is 0.529. The van der Waals surface area contributed by atoms with Crippen LogP contribution >= 0.6 is 0 Å². The Morgan fingerprint density at radius 2 is 2.00 bits per heavy atom. The van der Waals surface area contributed by atoms with Crippen molar-refractivity contribution in [2.75, 3.05) is 25.5 Å². The van der Waals surface area contributed by atoms with Crippen LogP contribution in [0.25, 0.3) is 0 Å². The van der Waals surface area contributed by atoms with Gasteiger partial charge >= 0.3 is 0 Å². The maximum atomic E-state index is 13.0. The van der Waals surface area contributed by atoms with Crippen LogP contribution in [0.1, 0.15) is 29.0 Å². The van der Waals surface area contributed by atoms with Crippen LogP contribution in [-0.2, 0) is 28.9 Å². The molecule has 0 aromatic carbocycles.